The lowest BCUT2D eigenvalue weighted by Gasteiger charge is -2.28. The van der Waals surface area contributed by atoms with Gasteiger partial charge in [0, 0.05) is 17.1 Å². The number of hydrazine groups is 2. The third-order valence-electron chi connectivity index (χ3n) is 3.88. The van der Waals surface area contributed by atoms with Gasteiger partial charge >= 0.3 is 0 Å². The van der Waals surface area contributed by atoms with Gasteiger partial charge in [-0.15, -0.1) is 5.10 Å². The Bertz CT molecular complexity index is 881. The van der Waals surface area contributed by atoms with E-state index in [-0.39, 0.29) is 0 Å². The minimum Gasteiger partial charge on any atom is -0.221 e. The van der Waals surface area contributed by atoms with E-state index in [1.165, 1.54) is 5.39 Å². The van der Waals surface area contributed by atoms with Gasteiger partial charge in [-0.25, -0.2) is 5.01 Å². The molecule has 4 nitrogen and oxygen atoms in total. The van der Waals surface area contributed by atoms with Crippen LogP contribution in [0.15, 0.2) is 90.7 Å². The molecule has 0 amide bonds. The monoisotopic (exact) mass is 300 g/mol. The highest BCUT2D eigenvalue weighted by atomic mass is 15.9. The standard InChI is InChI=1S/C19H16N4/c1-2-22-19(16-10-4-3-5-11-16)20-21-23(22)18-14-8-12-15-9-6-7-13-17(15)18/h2-14,21H,1H2. The maximum Gasteiger partial charge on any atom is 0.182 e. The van der Waals surface area contributed by atoms with E-state index < -0.39 is 0 Å². The van der Waals surface area contributed by atoms with Crippen LogP contribution in [0.1, 0.15) is 5.56 Å². The van der Waals surface area contributed by atoms with Crippen molar-refractivity contribution < 1.29 is 0 Å². The van der Waals surface area contributed by atoms with Gasteiger partial charge in [0.05, 0.1) is 5.69 Å². The molecule has 3 aromatic carbocycles. The van der Waals surface area contributed by atoms with Gasteiger partial charge in [0.2, 0.25) is 0 Å². The lowest BCUT2D eigenvalue weighted by Crippen LogP contribution is -2.42. The molecule has 1 heterocycles. The summed E-state index contributed by atoms with van der Waals surface area (Å²) in [6, 6.07) is 24.6. The Hall–Kier alpha value is -3.27. The van der Waals surface area contributed by atoms with Crippen LogP contribution >= 0.6 is 0 Å². The minimum absolute atomic E-state index is 0.813. The number of nitrogens with one attached hydrogen (secondary N) is 1. The molecule has 23 heavy (non-hydrogen) atoms. The zero-order valence-electron chi connectivity index (χ0n) is 12.6. The fraction of sp³-hybridized carbons (Fsp3) is 0. The van der Waals surface area contributed by atoms with E-state index in [4.69, 9.17) is 0 Å². The van der Waals surface area contributed by atoms with Crippen molar-refractivity contribution in [1.82, 2.24) is 10.5 Å². The van der Waals surface area contributed by atoms with Gasteiger partial charge in [0.15, 0.2) is 5.84 Å². The molecule has 0 fully saturated rings. The summed E-state index contributed by atoms with van der Waals surface area (Å²) in [6.45, 7) is 3.94. The van der Waals surface area contributed by atoms with Crippen LogP contribution in [0.3, 0.4) is 0 Å². The van der Waals surface area contributed by atoms with Crippen LogP contribution in [0, 0.1) is 0 Å². The van der Waals surface area contributed by atoms with Crippen molar-refractivity contribution in [2.45, 2.75) is 0 Å². The minimum atomic E-state index is 0.813. The average Bonchev–Trinajstić information content (AvgIpc) is 3.05. The van der Waals surface area contributed by atoms with Crippen molar-refractivity contribution in [1.29, 1.82) is 0 Å². The molecule has 4 rings (SSSR count). The van der Waals surface area contributed by atoms with Crippen LogP contribution in [-0.2, 0) is 0 Å². The predicted molar refractivity (Wildman–Crippen MR) is 94.6 cm³/mol. The third kappa shape index (κ3) is 2.21. The molecule has 4 heteroatoms. The van der Waals surface area contributed by atoms with Gasteiger partial charge in [-0.3, -0.25) is 0 Å². The van der Waals surface area contributed by atoms with Crippen LogP contribution in [0.2, 0.25) is 0 Å². The van der Waals surface area contributed by atoms with E-state index in [2.05, 4.69) is 41.5 Å². The Morgan fingerprint density at radius 3 is 2.43 bits per heavy atom. The van der Waals surface area contributed by atoms with E-state index >= 15 is 0 Å². The van der Waals surface area contributed by atoms with Crippen LogP contribution < -0.4 is 10.7 Å². The van der Waals surface area contributed by atoms with Crippen molar-refractivity contribution >= 4 is 22.3 Å². The quantitative estimate of drug-likeness (QED) is 0.796. The highest BCUT2D eigenvalue weighted by Crippen LogP contribution is 2.29. The lowest BCUT2D eigenvalue weighted by molar-refractivity contribution is 0.485. The zero-order valence-corrected chi connectivity index (χ0v) is 12.6. The van der Waals surface area contributed by atoms with Crippen LogP contribution in [0.25, 0.3) is 10.8 Å². The zero-order chi connectivity index (χ0) is 15.6. The summed E-state index contributed by atoms with van der Waals surface area (Å²) in [5.74, 6) is 0.813. The number of rotatable bonds is 3. The molecule has 0 radical (unpaired) electrons. The summed E-state index contributed by atoms with van der Waals surface area (Å²) in [5, 5.41) is 10.6. The highest BCUT2D eigenvalue weighted by molar-refractivity contribution is 6.02. The first-order valence-electron chi connectivity index (χ1n) is 7.47. The Morgan fingerprint density at radius 2 is 1.61 bits per heavy atom. The van der Waals surface area contributed by atoms with E-state index in [1.807, 2.05) is 58.7 Å². The molecule has 0 spiro atoms. The van der Waals surface area contributed by atoms with Crippen molar-refractivity contribution in [3.63, 3.8) is 0 Å². The van der Waals surface area contributed by atoms with E-state index in [9.17, 15) is 0 Å². The summed E-state index contributed by atoms with van der Waals surface area (Å²) in [5.41, 5.74) is 5.15. The van der Waals surface area contributed by atoms with Crippen LogP contribution in [0.4, 0.5) is 5.69 Å². The van der Waals surface area contributed by atoms with Gasteiger partial charge in [-0.1, -0.05) is 73.3 Å². The van der Waals surface area contributed by atoms with E-state index in [1.54, 1.807) is 6.20 Å². The van der Waals surface area contributed by atoms with Crippen molar-refractivity contribution in [3.8, 4) is 0 Å². The first-order valence-corrected chi connectivity index (χ1v) is 7.47. The normalized spacial score (nSPS) is 13.8. The molecule has 1 aliphatic rings. The fourth-order valence-electron chi connectivity index (χ4n) is 2.80. The van der Waals surface area contributed by atoms with Gasteiger partial charge in [-0.2, -0.15) is 10.7 Å². The molecule has 3 aromatic rings. The van der Waals surface area contributed by atoms with Crippen molar-refractivity contribution in [2.24, 2.45) is 5.10 Å². The number of hydrogen-bond acceptors (Lipinski definition) is 4. The van der Waals surface area contributed by atoms with E-state index in [0.29, 0.717) is 0 Å². The third-order valence-corrected chi connectivity index (χ3v) is 3.88. The summed E-state index contributed by atoms with van der Waals surface area (Å²) >= 11 is 0. The second-order valence-corrected chi connectivity index (χ2v) is 5.24. The number of fused-ring (bicyclic) bond motifs is 1. The second kappa shape index (κ2) is 5.50. The molecule has 1 aliphatic heterocycles. The molecule has 0 saturated heterocycles. The highest BCUT2D eigenvalue weighted by Gasteiger charge is 2.26. The molecule has 0 saturated carbocycles. The average molecular weight is 300 g/mol. The van der Waals surface area contributed by atoms with Crippen molar-refractivity contribution in [2.75, 3.05) is 5.12 Å². The number of anilines is 1. The Kier molecular flexibility index (Phi) is 3.20. The molecule has 0 atom stereocenters. The SMILES string of the molecule is C=CN1C(c2ccccc2)=NNN1c1cccc2ccccc12. The summed E-state index contributed by atoms with van der Waals surface area (Å²) < 4.78 is 0. The number of amidine groups is 1. The van der Waals surface area contributed by atoms with Gasteiger partial charge in [-0.05, 0) is 11.5 Å². The van der Waals surface area contributed by atoms with Gasteiger partial charge < -0.3 is 0 Å². The van der Waals surface area contributed by atoms with Gasteiger partial charge in [0.1, 0.15) is 0 Å². The molecule has 0 aliphatic carbocycles. The molecular formula is C19H16N4. The number of benzene rings is 3. The fourth-order valence-corrected chi connectivity index (χ4v) is 2.80. The largest absolute Gasteiger partial charge is 0.221 e. The molecule has 0 bridgehead atoms. The van der Waals surface area contributed by atoms with Crippen LogP contribution in [-0.4, -0.2) is 10.8 Å². The predicted octanol–water partition coefficient (Wildman–Crippen LogP) is 3.89. The number of hydrazone groups is 1. The summed E-state index contributed by atoms with van der Waals surface area (Å²) in [7, 11) is 0. The maximum atomic E-state index is 4.47. The first kappa shape index (κ1) is 13.4. The Balaban J connectivity index is 1.77. The second-order valence-electron chi connectivity index (χ2n) is 5.24. The molecule has 0 unspecified atom stereocenters. The van der Waals surface area contributed by atoms with Crippen molar-refractivity contribution in [3.05, 3.63) is 91.1 Å². The molecule has 112 valence electrons. The van der Waals surface area contributed by atoms with Crippen LogP contribution in [0.5, 0.6) is 0 Å². The Labute approximate surface area is 134 Å². The summed E-state index contributed by atoms with van der Waals surface area (Å²) in [6.07, 6.45) is 1.76. The van der Waals surface area contributed by atoms with E-state index in [0.717, 1.165) is 22.5 Å². The lowest BCUT2D eigenvalue weighted by atomic mass is 10.1. The molecular weight excluding hydrogens is 284 g/mol. The number of hydrogen-bond donors (Lipinski definition) is 1. The maximum absolute atomic E-state index is 4.47. The molecule has 0 aromatic heterocycles. The first-order chi connectivity index (χ1) is 11.4. The smallest absolute Gasteiger partial charge is 0.182 e. The summed E-state index contributed by atoms with van der Waals surface area (Å²) in [4.78, 5) is 0. The van der Waals surface area contributed by atoms with Gasteiger partial charge in [0.25, 0.3) is 0 Å². The topological polar surface area (TPSA) is 30.9 Å². The Morgan fingerprint density at radius 1 is 0.870 bits per heavy atom. The number of nitrogens with zero attached hydrogens (tertiary/aromatic N) is 3. The molecule has 1 N–H and O–H groups in total.